The van der Waals surface area contributed by atoms with E-state index in [9.17, 15) is 21.6 Å². The van der Waals surface area contributed by atoms with Gasteiger partial charge in [0.25, 0.3) is 9.84 Å². The number of fused-ring (bicyclic) bond motifs is 1. The highest BCUT2D eigenvalue weighted by Crippen LogP contribution is 2.32. The van der Waals surface area contributed by atoms with E-state index in [4.69, 9.17) is 0 Å². The summed E-state index contributed by atoms with van der Waals surface area (Å²) < 4.78 is 63.5. The lowest BCUT2D eigenvalue weighted by molar-refractivity contribution is -0.0435. The number of hydrogen-bond donors (Lipinski definition) is 0. The van der Waals surface area contributed by atoms with E-state index in [2.05, 4.69) is 4.98 Å². The summed E-state index contributed by atoms with van der Waals surface area (Å²) in [5, 5.41) is 0. The number of halogens is 3. The Balaban J connectivity index is 2.02. The molecule has 1 aromatic heterocycles. The molecule has 1 heterocycles. The van der Waals surface area contributed by atoms with Crippen LogP contribution in [0.2, 0.25) is 0 Å². The molecule has 0 spiro atoms. The van der Waals surface area contributed by atoms with Crippen LogP contribution in [0.3, 0.4) is 0 Å². The number of sulfone groups is 1. The number of rotatable bonds is 5. The van der Waals surface area contributed by atoms with Crippen molar-refractivity contribution in [3.63, 3.8) is 0 Å². The summed E-state index contributed by atoms with van der Waals surface area (Å²) in [6.45, 7) is 2.42. The lowest BCUT2D eigenvalue weighted by Crippen LogP contribution is -2.23. The second-order valence-electron chi connectivity index (χ2n) is 5.92. The first-order valence-electron chi connectivity index (χ1n) is 8.31. The van der Waals surface area contributed by atoms with Crippen molar-refractivity contribution in [3.8, 4) is 0 Å². The molecule has 0 fully saturated rings. The zero-order chi connectivity index (χ0) is 20.5. The lowest BCUT2D eigenvalue weighted by Gasteiger charge is -2.08. The monoisotopic (exact) mass is 426 g/mol. The number of nitrogens with zero attached hydrogens (tertiary/aromatic N) is 2. The van der Waals surface area contributed by atoms with Gasteiger partial charge in [0, 0.05) is 11.4 Å². The molecule has 4 nitrogen and oxygen atoms in total. The maximum atomic E-state index is 12.8. The number of alkyl halides is 3. The molecule has 0 aliphatic heterocycles. The highest BCUT2D eigenvalue weighted by molar-refractivity contribution is 7.98. The summed E-state index contributed by atoms with van der Waals surface area (Å²) >= 11 is 1.64. The van der Waals surface area contributed by atoms with Gasteiger partial charge in [-0.05, 0) is 55.2 Å². The Morgan fingerprint density at radius 2 is 1.79 bits per heavy atom. The van der Waals surface area contributed by atoms with Crippen molar-refractivity contribution < 1.29 is 21.6 Å². The molecule has 148 valence electrons. The predicted octanol–water partition coefficient (Wildman–Crippen LogP) is 5.24. The summed E-state index contributed by atoms with van der Waals surface area (Å²) in [5.74, 6) is 0.535. The van der Waals surface area contributed by atoms with Crippen LogP contribution in [0.1, 0.15) is 18.3 Å². The van der Waals surface area contributed by atoms with Gasteiger partial charge < -0.3 is 4.57 Å². The van der Waals surface area contributed by atoms with Gasteiger partial charge in [-0.2, -0.15) is 13.2 Å². The summed E-state index contributed by atoms with van der Waals surface area (Å²) in [4.78, 5) is 4.66. The van der Waals surface area contributed by atoms with E-state index in [1.807, 2.05) is 48.1 Å². The van der Waals surface area contributed by atoms with Crippen molar-refractivity contribution in [2.75, 3.05) is 6.26 Å². The largest absolute Gasteiger partial charge is 0.501 e. The maximum absolute atomic E-state index is 12.8. The number of hydrogen-bond acceptors (Lipinski definition) is 4. The van der Waals surface area contributed by atoms with E-state index in [1.54, 1.807) is 17.8 Å². The minimum Gasteiger partial charge on any atom is -0.325 e. The third-order valence-corrected chi connectivity index (χ3v) is 6.45. The molecule has 3 aromatic rings. The second kappa shape index (κ2) is 7.63. The van der Waals surface area contributed by atoms with Crippen LogP contribution in [0, 0.1) is 0 Å². The molecule has 0 amide bonds. The Bertz CT molecular complexity index is 1130. The van der Waals surface area contributed by atoms with Crippen LogP contribution < -0.4 is 0 Å². The first-order valence-corrected chi connectivity index (χ1v) is 11.0. The minimum absolute atomic E-state index is 0.199. The smallest absolute Gasteiger partial charge is 0.325 e. The Kier molecular flexibility index (Phi) is 5.58. The van der Waals surface area contributed by atoms with Crippen LogP contribution >= 0.6 is 11.8 Å². The molecule has 0 saturated carbocycles. The third kappa shape index (κ3) is 3.81. The molecule has 0 unspecified atom stereocenters. The van der Waals surface area contributed by atoms with Gasteiger partial charge in [-0.15, -0.1) is 11.8 Å². The molecule has 0 saturated heterocycles. The molecule has 9 heteroatoms. The number of thioether (sulfide) groups is 1. The zero-order valence-electron chi connectivity index (χ0n) is 15.1. The fraction of sp³-hybridized carbons (Fsp3) is 0.211. The Hall–Kier alpha value is -2.26. The van der Waals surface area contributed by atoms with Crippen molar-refractivity contribution in [2.24, 2.45) is 0 Å². The number of aromatic nitrogens is 2. The van der Waals surface area contributed by atoms with E-state index in [0.29, 0.717) is 17.9 Å². The third-order valence-electron chi connectivity index (χ3n) is 4.22. The van der Waals surface area contributed by atoms with Crippen molar-refractivity contribution in [1.82, 2.24) is 9.55 Å². The van der Waals surface area contributed by atoms with E-state index in [1.165, 1.54) is 6.07 Å². The summed E-state index contributed by atoms with van der Waals surface area (Å²) in [6.07, 6.45) is 5.60. The molecule has 3 rings (SSSR count). The normalized spacial score (nSPS) is 12.9. The van der Waals surface area contributed by atoms with Gasteiger partial charge in [-0.1, -0.05) is 18.2 Å². The van der Waals surface area contributed by atoms with Crippen LogP contribution in [0.25, 0.3) is 23.2 Å². The fourth-order valence-electron chi connectivity index (χ4n) is 2.77. The average molecular weight is 426 g/mol. The Morgan fingerprint density at radius 1 is 1.11 bits per heavy atom. The van der Waals surface area contributed by atoms with Crippen LogP contribution in [-0.4, -0.2) is 29.7 Å². The van der Waals surface area contributed by atoms with Crippen LogP contribution in [0.5, 0.6) is 0 Å². The standard InChI is InChI=1S/C19H17F3N2O2S2/c1-3-24-17-10-9-15(28(25,26)19(20,21)22)12-16(17)23-18(24)11-6-13-4-7-14(27-2)8-5-13/h4-12H,3H2,1-2H3/b11-6+. The quantitative estimate of drug-likeness (QED) is 0.524. The molecule has 2 aromatic carbocycles. The van der Waals surface area contributed by atoms with Gasteiger partial charge in [0.1, 0.15) is 5.82 Å². The molecular formula is C19H17F3N2O2S2. The van der Waals surface area contributed by atoms with Crippen LogP contribution in [-0.2, 0) is 16.4 Å². The van der Waals surface area contributed by atoms with Crippen LogP contribution in [0.15, 0.2) is 52.3 Å². The molecule has 28 heavy (non-hydrogen) atoms. The van der Waals surface area contributed by atoms with Gasteiger partial charge in [0.2, 0.25) is 0 Å². The lowest BCUT2D eigenvalue weighted by atomic mass is 10.2. The van der Waals surface area contributed by atoms with Gasteiger partial charge in [0.05, 0.1) is 15.9 Å². The Labute approximate surface area is 165 Å². The van der Waals surface area contributed by atoms with E-state index < -0.39 is 20.2 Å². The second-order valence-corrected chi connectivity index (χ2v) is 8.74. The maximum Gasteiger partial charge on any atom is 0.501 e. The highest BCUT2D eigenvalue weighted by atomic mass is 32.2. The van der Waals surface area contributed by atoms with Crippen molar-refractivity contribution in [2.45, 2.75) is 28.8 Å². The Morgan fingerprint density at radius 3 is 2.36 bits per heavy atom. The highest BCUT2D eigenvalue weighted by Gasteiger charge is 2.47. The van der Waals surface area contributed by atoms with Crippen molar-refractivity contribution in [1.29, 1.82) is 0 Å². The van der Waals surface area contributed by atoms with Gasteiger partial charge >= 0.3 is 5.51 Å². The molecular weight excluding hydrogens is 409 g/mol. The van der Waals surface area contributed by atoms with Gasteiger partial charge in [0.15, 0.2) is 0 Å². The number of benzene rings is 2. The predicted molar refractivity (Wildman–Crippen MR) is 106 cm³/mol. The molecule has 0 atom stereocenters. The molecule has 0 aliphatic rings. The van der Waals surface area contributed by atoms with Crippen molar-refractivity contribution in [3.05, 3.63) is 53.9 Å². The van der Waals surface area contributed by atoms with E-state index in [-0.39, 0.29) is 5.52 Å². The minimum atomic E-state index is -5.41. The first-order chi connectivity index (χ1) is 13.2. The first kappa shape index (κ1) is 20.5. The SMILES string of the molecule is CCn1c(/C=C/c2ccc(SC)cc2)nc2cc(S(=O)(=O)C(F)(F)F)ccc21. The zero-order valence-corrected chi connectivity index (χ0v) is 16.7. The number of imidazole rings is 1. The average Bonchev–Trinajstić information content (AvgIpc) is 3.02. The van der Waals surface area contributed by atoms with Crippen LogP contribution in [0.4, 0.5) is 13.2 Å². The topological polar surface area (TPSA) is 52.0 Å². The van der Waals surface area contributed by atoms with E-state index in [0.717, 1.165) is 22.6 Å². The summed E-state index contributed by atoms with van der Waals surface area (Å²) in [7, 11) is -5.41. The molecule has 0 N–H and O–H groups in total. The molecule has 0 aliphatic carbocycles. The molecule has 0 radical (unpaired) electrons. The van der Waals surface area contributed by atoms with E-state index >= 15 is 0 Å². The fourth-order valence-corrected chi connectivity index (χ4v) is 3.96. The number of aryl methyl sites for hydroxylation is 1. The van der Waals surface area contributed by atoms with Crippen molar-refractivity contribution >= 4 is 44.8 Å². The molecule has 0 bridgehead atoms. The van der Waals surface area contributed by atoms with Gasteiger partial charge in [-0.3, -0.25) is 0 Å². The summed E-state index contributed by atoms with van der Waals surface area (Å²) in [6, 6.07) is 11.2. The summed E-state index contributed by atoms with van der Waals surface area (Å²) in [5.41, 5.74) is -3.63. The van der Waals surface area contributed by atoms with Gasteiger partial charge in [-0.25, -0.2) is 13.4 Å².